The van der Waals surface area contributed by atoms with Gasteiger partial charge >= 0.3 is 0 Å². The Hall–Kier alpha value is -0.640. The van der Waals surface area contributed by atoms with Crippen molar-refractivity contribution in [1.29, 1.82) is 0 Å². The normalized spacial score (nSPS) is 41.6. The summed E-state index contributed by atoms with van der Waals surface area (Å²) in [5.41, 5.74) is 7.18. The highest BCUT2D eigenvalue weighted by Gasteiger charge is 2.49. The van der Waals surface area contributed by atoms with Gasteiger partial charge in [0.15, 0.2) is 0 Å². The van der Waals surface area contributed by atoms with E-state index < -0.39 is 0 Å². The van der Waals surface area contributed by atoms with Gasteiger partial charge in [-0.2, -0.15) is 5.10 Å². The van der Waals surface area contributed by atoms with E-state index >= 15 is 0 Å². The van der Waals surface area contributed by atoms with Crippen LogP contribution in [0.5, 0.6) is 0 Å². The fourth-order valence-corrected chi connectivity index (χ4v) is 5.23. The summed E-state index contributed by atoms with van der Waals surface area (Å²) < 4.78 is 2.12. The molecule has 4 heteroatoms. The molecule has 4 aliphatic rings. The van der Waals surface area contributed by atoms with Crippen molar-refractivity contribution in [3.8, 4) is 0 Å². The van der Waals surface area contributed by atoms with Crippen LogP contribution < -0.4 is 5.73 Å². The van der Waals surface area contributed by atoms with Gasteiger partial charge in [-0.25, -0.2) is 4.68 Å². The third-order valence-electron chi connectivity index (χ3n) is 5.55. The Morgan fingerprint density at radius 1 is 1.11 bits per heavy atom. The predicted molar refractivity (Wildman–Crippen MR) is 74.7 cm³/mol. The van der Waals surface area contributed by atoms with Gasteiger partial charge < -0.3 is 5.73 Å². The van der Waals surface area contributed by atoms with Crippen LogP contribution in [-0.4, -0.2) is 9.78 Å². The Morgan fingerprint density at radius 2 is 1.67 bits per heavy atom. The standard InChI is InChI=1S/C14H21N3S/c1-7-13(18)14(15)17(16-7)12-10-3-8-2-9(5-10)6-11(12)4-8/h8-12,18H,2-6,15H2,1H3. The summed E-state index contributed by atoms with van der Waals surface area (Å²) in [5, 5.41) is 4.67. The van der Waals surface area contributed by atoms with E-state index in [1.807, 2.05) is 6.92 Å². The number of nitrogens with zero attached hydrogens (tertiary/aromatic N) is 2. The summed E-state index contributed by atoms with van der Waals surface area (Å²) in [4.78, 5) is 0.879. The zero-order valence-electron chi connectivity index (χ0n) is 10.8. The van der Waals surface area contributed by atoms with Gasteiger partial charge in [-0.1, -0.05) is 0 Å². The minimum Gasteiger partial charge on any atom is -0.383 e. The first-order valence-corrected chi connectivity index (χ1v) is 7.61. The van der Waals surface area contributed by atoms with Crippen LogP contribution in [0.3, 0.4) is 0 Å². The van der Waals surface area contributed by atoms with Crippen LogP contribution in [0.2, 0.25) is 0 Å². The van der Waals surface area contributed by atoms with E-state index in [-0.39, 0.29) is 0 Å². The lowest BCUT2D eigenvalue weighted by Crippen LogP contribution is -2.46. The molecular weight excluding hydrogens is 242 g/mol. The van der Waals surface area contributed by atoms with E-state index in [4.69, 9.17) is 5.73 Å². The molecule has 0 atom stereocenters. The van der Waals surface area contributed by atoms with Crippen molar-refractivity contribution in [2.24, 2.45) is 23.7 Å². The van der Waals surface area contributed by atoms with Crippen LogP contribution in [0.15, 0.2) is 4.90 Å². The maximum absolute atomic E-state index is 6.21. The maximum Gasteiger partial charge on any atom is 0.135 e. The number of nitrogens with two attached hydrogens (primary N) is 1. The zero-order chi connectivity index (χ0) is 12.4. The smallest absolute Gasteiger partial charge is 0.135 e. The minimum atomic E-state index is 0.553. The van der Waals surface area contributed by atoms with Gasteiger partial charge in [0.05, 0.1) is 16.6 Å². The second kappa shape index (κ2) is 3.69. The second-order valence-corrected chi connectivity index (χ2v) is 7.13. The lowest BCUT2D eigenvalue weighted by Gasteiger charge is -2.54. The number of rotatable bonds is 1. The lowest BCUT2D eigenvalue weighted by atomic mass is 9.54. The van der Waals surface area contributed by atoms with Crippen molar-refractivity contribution >= 4 is 18.4 Å². The van der Waals surface area contributed by atoms with E-state index in [0.717, 1.165) is 40.1 Å². The highest BCUT2D eigenvalue weighted by molar-refractivity contribution is 7.80. The Labute approximate surface area is 114 Å². The molecule has 0 unspecified atom stereocenters. The molecule has 5 rings (SSSR count). The molecule has 1 heterocycles. The Morgan fingerprint density at radius 3 is 2.11 bits per heavy atom. The average Bonchev–Trinajstić information content (AvgIpc) is 2.56. The number of hydrogen-bond donors (Lipinski definition) is 2. The topological polar surface area (TPSA) is 43.8 Å². The number of thiol groups is 1. The predicted octanol–water partition coefficient (Wildman–Crippen LogP) is 3.06. The molecule has 0 radical (unpaired) electrons. The molecule has 1 aromatic rings. The van der Waals surface area contributed by atoms with Gasteiger partial charge in [-0.05, 0) is 62.7 Å². The molecular formula is C14H21N3S. The number of aryl methyl sites for hydroxylation is 1. The summed E-state index contributed by atoms with van der Waals surface area (Å²) in [5.74, 6) is 4.41. The number of anilines is 1. The van der Waals surface area contributed by atoms with Crippen LogP contribution >= 0.6 is 12.6 Å². The Balaban J connectivity index is 1.74. The van der Waals surface area contributed by atoms with Gasteiger partial charge in [0.2, 0.25) is 0 Å². The first-order valence-electron chi connectivity index (χ1n) is 7.17. The number of aromatic nitrogens is 2. The van der Waals surface area contributed by atoms with Crippen LogP contribution in [0, 0.1) is 30.6 Å². The van der Waals surface area contributed by atoms with Crippen LogP contribution in [-0.2, 0) is 0 Å². The number of hydrogen-bond acceptors (Lipinski definition) is 3. The minimum absolute atomic E-state index is 0.553. The summed E-state index contributed by atoms with van der Waals surface area (Å²) in [7, 11) is 0. The van der Waals surface area contributed by atoms with Crippen molar-refractivity contribution in [2.75, 3.05) is 5.73 Å². The van der Waals surface area contributed by atoms with Gasteiger partial charge in [-0.3, -0.25) is 0 Å². The van der Waals surface area contributed by atoms with Crippen molar-refractivity contribution in [3.05, 3.63) is 5.69 Å². The number of nitrogen functional groups attached to an aromatic ring is 1. The van der Waals surface area contributed by atoms with Crippen molar-refractivity contribution in [3.63, 3.8) is 0 Å². The van der Waals surface area contributed by atoms with Crippen LogP contribution in [0.25, 0.3) is 0 Å². The molecule has 3 nitrogen and oxygen atoms in total. The van der Waals surface area contributed by atoms with Gasteiger partial charge in [0.1, 0.15) is 5.82 Å². The maximum atomic E-state index is 6.21. The van der Waals surface area contributed by atoms with Crippen molar-refractivity contribution in [2.45, 2.75) is 50.0 Å². The van der Waals surface area contributed by atoms with Gasteiger partial charge in [0, 0.05) is 0 Å². The molecule has 18 heavy (non-hydrogen) atoms. The van der Waals surface area contributed by atoms with E-state index in [1.165, 1.54) is 32.1 Å². The first-order chi connectivity index (χ1) is 8.63. The Kier molecular flexibility index (Phi) is 2.30. The molecule has 4 saturated carbocycles. The molecule has 0 aliphatic heterocycles. The van der Waals surface area contributed by atoms with E-state index in [1.54, 1.807) is 0 Å². The fraction of sp³-hybridized carbons (Fsp3) is 0.786. The summed E-state index contributed by atoms with van der Waals surface area (Å²) in [6, 6.07) is 0.553. The van der Waals surface area contributed by atoms with Gasteiger partial charge in [0.25, 0.3) is 0 Å². The molecule has 4 bridgehead atoms. The van der Waals surface area contributed by atoms with Crippen molar-refractivity contribution < 1.29 is 0 Å². The summed E-state index contributed by atoms with van der Waals surface area (Å²) in [6.45, 7) is 2.01. The lowest BCUT2D eigenvalue weighted by molar-refractivity contribution is -0.0328. The molecule has 0 spiro atoms. The molecule has 0 amide bonds. The van der Waals surface area contributed by atoms with Crippen LogP contribution in [0.1, 0.15) is 43.8 Å². The fourth-order valence-electron chi connectivity index (χ4n) is 5.08. The van der Waals surface area contributed by atoms with E-state index in [0.29, 0.717) is 6.04 Å². The molecule has 0 aromatic carbocycles. The highest BCUT2D eigenvalue weighted by atomic mass is 32.1. The van der Waals surface area contributed by atoms with Crippen LogP contribution in [0.4, 0.5) is 5.82 Å². The zero-order valence-corrected chi connectivity index (χ0v) is 11.7. The summed E-state index contributed by atoms with van der Waals surface area (Å²) >= 11 is 4.48. The van der Waals surface area contributed by atoms with E-state index in [9.17, 15) is 0 Å². The third-order valence-corrected chi connectivity index (χ3v) is 6.10. The molecule has 4 aliphatic carbocycles. The SMILES string of the molecule is Cc1nn(C2C3CC4CC(C3)CC2C4)c(N)c1S. The molecule has 4 fully saturated rings. The highest BCUT2D eigenvalue weighted by Crippen LogP contribution is 2.58. The molecule has 98 valence electrons. The molecule has 2 N–H and O–H groups in total. The molecule has 0 saturated heterocycles. The van der Waals surface area contributed by atoms with Crippen molar-refractivity contribution in [1.82, 2.24) is 9.78 Å². The van der Waals surface area contributed by atoms with Gasteiger partial charge in [-0.15, -0.1) is 12.6 Å². The Bertz CT molecular complexity index is 465. The third kappa shape index (κ3) is 1.41. The largest absolute Gasteiger partial charge is 0.383 e. The van der Waals surface area contributed by atoms with E-state index in [2.05, 4.69) is 22.4 Å². The first kappa shape index (κ1) is 11.2. The quantitative estimate of drug-likeness (QED) is 0.765. The second-order valence-electron chi connectivity index (χ2n) is 6.69. The monoisotopic (exact) mass is 263 g/mol. The molecule has 1 aromatic heterocycles. The average molecular weight is 263 g/mol. The summed E-state index contributed by atoms with van der Waals surface area (Å²) in [6.07, 6.45) is 7.09.